The highest BCUT2D eigenvalue weighted by atomic mass is 16.7. The maximum Gasteiger partial charge on any atom is 0.277 e. The Bertz CT molecular complexity index is 1580. The predicted octanol–water partition coefficient (Wildman–Crippen LogP) is 4.94. The smallest absolute Gasteiger partial charge is 0.277 e. The molecule has 0 aromatic heterocycles. The molecule has 1 N–H and O–H groups in total. The Morgan fingerprint density at radius 3 is 2.50 bits per heavy atom. The zero-order valence-electron chi connectivity index (χ0n) is 19.6. The Hall–Kier alpha value is -4.65. The molecule has 2 heterocycles. The van der Waals surface area contributed by atoms with Gasteiger partial charge in [-0.25, -0.2) is 0 Å². The van der Waals surface area contributed by atoms with Crippen LogP contribution in [0.4, 0.5) is 5.69 Å². The molecule has 7 nitrogen and oxygen atoms in total. The molecule has 178 valence electrons. The number of rotatable bonds is 5. The summed E-state index contributed by atoms with van der Waals surface area (Å²) in [5, 5.41) is 9.17. The van der Waals surface area contributed by atoms with Crippen molar-refractivity contribution in [3.8, 4) is 11.5 Å². The van der Waals surface area contributed by atoms with Gasteiger partial charge in [-0.15, -0.1) is 0 Å². The molecule has 0 saturated heterocycles. The first-order chi connectivity index (χ1) is 17.6. The van der Waals surface area contributed by atoms with Crippen molar-refractivity contribution in [3.05, 3.63) is 102 Å². The first-order valence-electron chi connectivity index (χ1n) is 11.5. The van der Waals surface area contributed by atoms with Crippen molar-refractivity contribution in [3.63, 3.8) is 0 Å². The van der Waals surface area contributed by atoms with E-state index in [1.165, 1.54) is 7.11 Å². The Balaban J connectivity index is 1.56. The molecule has 0 radical (unpaired) electrons. The average Bonchev–Trinajstić information content (AvgIpc) is 3.46. The molecule has 2 atom stereocenters. The van der Waals surface area contributed by atoms with E-state index in [-0.39, 0.29) is 5.78 Å². The number of fused-ring (bicyclic) bond motifs is 3. The van der Waals surface area contributed by atoms with Gasteiger partial charge < -0.3 is 19.6 Å². The summed E-state index contributed by atoms with van der Waals surface area (Å²) >= 11 is 0. The number of ketones is 1. The first kappa shape index (κ1) is 21.9. The number of hydrogen-bond acceptors (Lipinski definition) is 6. The fourth-order valence-electron chi connectivity index (χ4n) is 5.09. The summed E-state index contributed by atoms with van der Waals surface area (Å²) in [6.45, 7) is 0. The minimum Gasteiger partial charge on any atom is -0.497 e. The van der Waals surface area contributed by atoms with Crippen LogP contribution >= 0.6 is 0 Å². The van der Waals surface area contributed by atoms with Crippen LogP contribution in [0.25, 0.3) is 10.8 Å². The molecule has 0 bridgehead atoms. The Morgan fingerprint density at radius 1 is 0.917 bits per heavy atom. The maximum absolute atomic E-state index is 14.3. The summed E-state index contributed by atoms with van der Waals surface area (Å²) in [5.74, 6) is -0.749. The van der Waals surface area contributed by atoms with Gasteiger partial charge in [0.25, 0.3) is 11.5 Å². The molecular weight excluding hydrogens is 456 g/mol. The van der Waals surface area contributed by atoms with Crippen LogP contribution in [0.2, 0.25) is 0 Å². The number of Topliss-reactive ketones (excluding diaryl/α,β-unsaturated/α-hetero) is 1. The molecule has 2 aliphatic rings. The third kappa shape index (κ3) is 3.09. The SMILES string of the molecule is COc1ccc(OC)c(C2=NO[C@]3(C(=O)Nc4ccccc43)[C@@H]2C(=O)c2ccc3ccccc3c2)c1. The summed E-state index contributed by atoms with van der Waals surface area (Å²) in [6.07, 6.45) is 0. The van der Waals surface area contributed by atoms with Gasteiger partial charge in [-0.3, -0.25) is 9.59 Å². The zero-order valence-corrected chi connectivity index (χ0v) is 19.6. The van der Waals surface area contributed by atoms with Crippen LogP contribution in [0.3, 0.4) is 0 Å². The fourth-order valence-corrected chi connectivity index (χ4v) is 5.09. The molecule has 7 heteroatoms. The number of ether oxygens (including phenoxy) is 2. The molecule has 1 amide bonds. The highest BCUT2D eigenvalue weighted by Crippen LogP contribution is 2.50. The van der Waals surface area contributed by atoms with Gasteiger partial charge in [0, 0.05) is 22.4 Å². The van der Waals surface area contributed by atoms with Gasteiger partial charge in [-0.05, 0) is 41.1 Å². The molecule has 1 spiro atoms. The van der Waals surface area contributed by atoms with E-state index in [2.05, 4.69) is 10.5 Å². The van der Waals surface area contributed by atoms with Crippen LogP contribution < -0.4 is 14.8 Å². The Kier molecular flexibility index (Phi) is 5.00. The lowest BCUT2D eigenvalue weighted by atomic mass is 9.74. The van der Waals surface area contributed by atoms with Crippen molar-refractivity contribution in [2.75, 3.05) is 19.5 Å². The zero-order chi connectivity index (χ0) is 24.9. The number of hydrogen-bond donors (Lipinski definition) is 1. The number of nitrogens with zero attached hydrogens (tertiary/aromatic N) is 1. The predicted molar refractivity (Wildman–Crippen MR) is 136 cm³/mol. The van der Waals surface area contributed by atoms with Crippen molar-refractivity contribution in [1.29, 1.82) is 0 Å². The standard InChI is InChI=1S/C29H22N2O5/c1-34-20-13-14-24(35-2)21(16-20)26-25(27(32)19-12-11-17-7-3-4-8-18(17)15-19)29(36-31-26)22-9-5-6-10-23(22)30-28(29)33/h3-16,25H,1-2H3,(H,30,33)/t25-,29-/m0/s1. The van der Waals surface area contributed by atoms with Crippen LogP contribution in [0, 0.1) is 5.92 Å². The summed E-state index contributed by atoms with van der Waals surface area (Å²) in [6, 6.07) is 25.7. The quantitative estimate of drug-likeness (QED) is 0.411. The minimum absolute atomic E-state index is 0.284. The lowest BCUT2D eigenvalue weighted by molar-refractivity contribution is -0.140. The molecule has 0 aliphatic carbocycles. The van der Waals surface area contributed by atoms with Crippen molar-refractivity contribution < 1.29 is 23.9 Å². The molecule has 4 aromatic carbocycles. The Labute approximate surface area is 207 Å². The molecule has 0 fully saturated rings. The molecule has 4 aromatic rings. The van der Waals surface area contributed by atoms with Crippen LogP contribution in [0.1, 0.15) is 21.5 Å². The number of carbonyl (C=O) groups is 2. The van der Waals surface area contributed by atoms with E-state index in [9.17, 15) is 9.59 Å². The van der Waals surface area contributed by atoms with Crippen molar-refractivity contribution in [2.24, 2.45) is 11.1 Å². The normalized spacial score (nSPS) is 20.0. The van der Waals surface area contributed by atoms with E-state index in [1.54, 1.807) is 43.5 Å². The third-order valence-electron chi connectivity index (χ3n) is 6.86. The lowest BCUT2D eigenvalue weighted by Gasteiger charge is -2.27. The number of anilines is 1. The molecule has 0 saturated carbocycles. The summed E-state index contributed by atoms with van der Waals surface area (Å²) in [4.78, 5) is 33.9. The van der Waals surface area contributed by atoms with E-state index in [0.717, 1.165) is 10.8 Å². The van der Waals surface area contributed by atoms with Gasteiger partial charge in [0.15, 0.2) is 5.78 Å². The van der Waals surface area contributed by atoms with Gasteiger partial charge in [0.1, 0.15) is 23.1 Å². The summed E-state index contributed by atoms with van der Waals surface area (Å²) in [7, 11) is 3.09. The monoisotopic (exact) mass is 478 g/mol. The fraction of sp³-hybridized carbons (Fsp3) is 0.138. The summed E-state index contributed by atoms with van der Waals surface area (Å²) < 4.78 is 11.0. The van der Waals surface area contributed by atoms with E-state index < -0.39 is 17.4 Å². The van der Waals surface area contributed by atoms with Gasteiger partial charge >= 0.3 is 0 Å². The highest BCUT2D eigenvalue weighted by molar-refractivity contribution is 6.25. The second-order valence-corrected chi connectivity index (χ2v) is 8.73. The van der Waals surface area contributed by atoms with E-state index >= 15 is 0 Å². The third-order valence-corrected chi connectivity index (χ3v) is 6.86. The number of oxime groups is 1. The van der Waals surface area contributed by atoms with Crippen LogP contribution in [-0.2, 0) is 15.2 Å². The minimum atomic E-state index is -1.65. The van der Waals surface area contributed by atoms with Crippen molar-refractivity contribution >= 4 is 33.9 Å². The molecule has 0 unspecified atom stereocenters. The van der Waals surface area contributed by atoms with Gasteiger partial charge in [-0.2, -0.15) is 0 Å². The van der Waals surface area contributed by atoms with Crippen molar-refractivity contribution in [2.45, 2.75) is 5.60 Å². The van der Waals surface area contributed by atoms with Gasteiger partial charge in [-0.1, -0.05) is 59.8 Å². The van der Waals surface area contributed by atoms with E-state index in [4.69, 9.17) is 14.3 Å². The number of nitrogens with one attached hydrogen (secondary N) is 1. The largest absolute Gasteiger partial charge is 0.497 e. The first-order valence-corrected chi connectivity index (χ1v) is 11.5. The highest BCUT2D eigenvalue weighted by Gasteiger charge is 2.63. The lowest BCUT2D eigenvalue weighted by Crippen LogP contribution is -2.46. The number of amides is 1. The second-order valence-electron chi connectivity index (χ2n) is 8.73. The number of benzene rings is 4. The van der Waals surface area contributed by atoms with E-state index in [1.807, 2.05) is 48.5 Å². The summed E-state index contributed by atoms with van der Waals surface area (Å²) in [5.41, 5.74) is 0.779. The number of para-hydroxylation sites is 1. The number of carbonyl (C=O) groups excluding carboxylic acids is 2. The second kappa shape index (κ2) is 8.23. The topological polar surface area (TPSA) is 86.2 Å². The number of methoxy groups -OCH3 is 2. The molecule has 6 rings (SSSR count). The Morgan fingerprint density at radius 2 is 1.69 bits per heavy atom. The van der Waals surface area contributed by atoms with Crippen LogP contribution in [0.5, 0.6) is 11.5 Å². The average molecular weight is 479 g/mol. The molecule has 2 aliphatic heterocycles. The van der Waals surface area contributed by atoms with Crippen LogP contribution in [0.15, 0.2) is 90.1 Å². The molecular formula is C29H22N2O5. The van der Waals surface area contributed by atoms with Crippen molar-refractivity contribution in [1.82, 2.24) is 0 Å². The van der Waals surface area contributed by atoms with E-state index in [0.29, 0.717) is 39.6 Å². The van der Waals surface area contributed by atoms with Gasteiger partial charge in [0.2, 0.25) is 0 Å². The van der Waals surface area contributed by atoms with Gasteiger partial charge in [0.05, 0.1) is 14.2 Å². The maximum atomic E-state index is 14.3. The molecule has 36 heavy (non-hydrogen) atoms. The van der Waals surface area contributed by atoms with Crippen LogP contribution in [-0.4, -0.2) is 31.6 Å².